The van der Waals surface area contributed by atoms with Crippen molar-refractivity contribution in [2.24, 2.45) is 0 Å². The molecular weight excluding hydrogens is 733 g/mol. The predicted molar refractivity (Wildman–Crippen MR) is 252 cm³/mol. The molecule has 0 bridgehead atoms. The number of Topliss-reactive ketones (excluding diaryl/α,β-unsaturated/α-hetero) is 3. The van der Waals surface area contributed by atoms with E-state index in [4.69, 9.17) is 0 Å². The van der Waals surface area contributed by atoms with Gasteiger partial charge >= 0.3 is 0 Å². The van der Waals surface area contributed by atoms with Crippen LogP contribution in [0.25, 0.3) is 0 Å². The average molecular weight is 829 g/mol. The van der Waals surface area contributed by atoms with Crippen LogP contribution in [0.15, 0.2) is 36.5 Å². The smallest absolute Gasteiger partial charge is 0.219 e. The zero-order valence-corrected chi connectivity index (χ0v) is 39.1. The van der Waals surface area contributed by atoms with E-state index in [-0.39, 0.29) is 19.3 Å². The molecule has 6 heteroatoms. The molecule has 0 aliphatic heterocycles. The van der Waals surface area contributed by atoms with Crippen LogP contribution < -0.4 is 0 Å². The predicted octanol–water partition coefficient (Wildman–Crippen LogP) is 14.7. The molecule has 0 saturated heterocycles. The summed E-state index contributed by atoms with van der Waals surface area (Å²) in [5.41, 5.74) is -5.77. The Morgan fingerprint density at radius 1 is 0.356 bits per heavy atom. The van der Waals surface area contributed by atoms with E-state index in [0.29, 0.717) is 19.3 Å². The Labute approximate surface area is 365 Å². The Morgan fingerprint density at radius 3 is 0.949 bits per heavy atom. The maximum Gasteiger partial charge on any atom is 0.219 e. The third-order valence-electron chi connectivity index (χ3n) is 12.1. The monoisotopic (exact) mass is 829 g/mol. The van der Waals surface area contributed by atoms with E-state index in [9.17, 15) is 29.7 Å². The highest BCUT2D eigenvalue weighted by Crippen LogP contribution is 2.32. The van der Waals surface area contributed by atoms with E-state index in [1.807, 2.05) is 0 Å². The average Bonchev–Trinajstić information content (AvgIpc) is 3.24. The summed E-state index contributed by atoms with van der Waals surface area (Å²) in [6.07, 6.45) is 50.7. The maximum absolute atomic E-state index is 13.8. The van der Waals surface area contributed by atoms with E-state index in [1.165, 1.54) is 96.3 Å². The van der Waals surface area contributed by atoms with Crippen molar-refractivity contribution in [3.05, 3.63) is 36.5 Å². The van der Waals surface area contributed by atoms with Crippen LogP contribution in [0.5, 0.6) is 0 Å². The summed E-state index contributed by atoms with van der Waals surface area (Å²) < 4.78 is 0. The largest absolute Gasteiger partial charge is 0.393 e. The summed E-state index contributed by atoms with van der Waals surface area (Å²) in [6, 6.07) is 0. The highest BCUT2D eigenvalue weighted by molar-refractivity contribution is 6.16. The number of allylic oxidation sites excluding steroid dienone is 6. The zero-order chi connectivity index (χ0) is 43.6. The van der Waals surface area contributed by atoms with Crippen LogP contribution in [-0.4, -0.2) is 50.5 Å². The van der Waals surface area contributed by atoms with Crippen molar-refractivity contribution in [3.8, 4) is 0 Å². The minimum atomic E-state index is -2.94. The number of unbranched alkanes of at least 4 members (excludes halogenated alkanes) is 29. The van der Waals surface area contributed by atoms with Crippen molar-refractivity contribution in [3.63, 3.8) is 0 Å². The van der Waals surface area contributed by atoms with E-state index in [1.54, 1.807) is 0 Å². The topological polar surface area (TPSA) is 112 Å². The molecule has 0 aliphatic rings. The van der Waals surface area contributed by atoms with Gasteiger partial charge < -0.3 is 15.3 Å². The molecule has 0 rings (SSSR count). The Balaban J connectivity index is 5.01. The number of ketones is 3. The molecule has 0 aromatic rings. The van der Waals surface area contributed by atoms with Crippen LogP contribution in [-0.2, 0) is 14.4 Å². The van der Waals surface area contributed by atoms with Gasteiger partial charge in [0.15, 0.2) is 23.0 Å². The molecule has 3 N–H and O–H groups in total. The molecule has 0 radical (unpaired) electrons. The van der Waals surface area contributed by atoms with Gasteiger partial charge in [-0.3, -0.25) is 14.4 Å². The van der Waals surface area contributed by atoms with Crippen LogP contribution in [0.4, 0.5) is 0 Å². The van der Waals surface area contributed by atoms with Crippen molar-refractivity contribution in [1.82, 2.24) is 0 Å². The van der Waals surface area contributed by atoms with Crippen molar-refractivity contribution < 1.29 is 29.7 Å². The lowest BCUT2D eigenvalue weighted by Crippen LogP contribution is -2.69. The van der Waals surface area contributed by atoms with E-state index < -0.39 is 35.2 Å². The number of carbonyl (C=O) groups is 3. The van der Waals surface area contributed by atoms with Crippen molar-refractivity contribution in [2.75, 3.05) is 6.61 Å². The zero-order valence-electron chi connectivity index (χ0n) is 39.1. The summed E-state index contributed by atoms with van der Waals surface area (Å²) in [6.45, 7) is 5.53. The van der Waals surface area contributed by atoms with Crippen LogP contribution in [0.1, 0.15) is 265 Å². The molecule has 2 unspecified atom stereocenters. The molecule has 344 valence electrons. The van der Waals surface area contributed by atoms with Crippen LogP contribution in [0.3, 0.4) is 0 Å². The number of hydrogen-bond acceptors (Lipinski definition) is 6. The fourth-order valence-electron chi connectivity index (χ4n) is 7.99. The van der Waals surface area contributed by atoms with Gasteiger partial charge in [0.1, 0.15) is 0 Å². The van der Waals surface area contributed by atoms with Gasteiger partial charge in [0.25, 0.3) is 0 Å². The van der Waals surface area contributed by atoms with Gasteiger partial charge in [-0.05, 0) is 77.0 Å². The molecule has 0 heterocycles. The molecule has 6 nitrogen and oxygen atoms in total. The highest BCUT2D eigenvalue weighted by atomic mass is 16.4. The summed E-state index contributed by atoms with van der Waals surface area (Å²) in [7, 11) is 0. The molecule has 59 heavy (non-hydrogen) atoms. The molecule has 0 aromatic carbocycles. The molecule has 0 amide bonds. The van der Waals surface area contributed by atoms with E-state index in [2.05, 4.69) is 57.2 Å². The van der Waals surface area contributed by atoms with Gasteiger partial charge in [0.05, 0.1) is 6.61 Å². The molecule has 0 saturated carbocycles. The number of carbonyl (C=O) groups excluding carboxylic acids is 3. The summed E-state index contributed by atoms with van der Waals surface area (Å²) in [5.74, 6) is -2.50. The quantitative estimate of drug-likeness (QED) is 0.0320. The minimum absolute atomic E-state index is 0.0892. The third kappa shape index (κ3) is 29.1. The summed E-state index contributed by atoms with van der Waals surface area (Å²) in [4.78, 5) is 41.1. The molecule has 0 fully saturated rings. The Hall–Kier alpha value is -1.89. The first-order chi connectivity index (χ1) is 28.8. The lowest BCUT2D eigenvalue weighted by atomic mass is 9.71. The van der Waals surface area contributed by atoms with Gasteiger partial charge in [-0.1, -0.05) is 205 Å². The second-order valence-corrected chi connectivity index (χ2v) is 17.6. The normalized spacial score (nSPS) is 14.1. The first-order valence-corrected chi connectivity index (χ1v) is 25.4. The third-order valence-corrected chi connectivity index (χ3v) is 12.1. The van der Waals surface area contributed by atoms with Gasteiger partial charge in [-0.2, -0.15) is 0 Å². The van der Waals surface area contributed by atoms with E-state index in [0.717, 1.165) is 109 Å². The number of aliphatic hydroxyl groups excluding tert-OH is 1. The molecule has 0 aliphatic carbocycles. The van der Waals surface area contributed by atoms with Gasteiger partial charge in [-0.25, -0.2) is 0 Å². The fraction of sp³-hybridized carbons (Fsp3) is 0.830. The first kappa shape index (κ1) is 57.1. The molecule has 0 spiro atoms. The van der Waals surface area contributed by atoms with Crippen molar-refractivity contribution >= 4 is 17.3 Å². The number of aliphatic hydroxyl groups is 3. The van der Waals surface area contributed by atoms with Gasteiger partial charge in [0, 0.05) is 19.3 Å². The lowest BCUT2D eigenvalue weighted by molar-refractivity contribution is -0.194. The second kappa shape index (κ2) is 41.5. The van der Waals surface area contributed by atoms with Gasteiger partial charge in [0.2, 0.25) is 5.60 Å². The van der Waals surface area contributed by atoms with Crippen molar-refractivity contribution in [2.45, 2.75) is 276 Å². The van der Waals surface area contributed by atoms with E-state index >= 15 is 0 Å². The second-order valence-electron chi connectivity index (χ2n) is 17.6. The summed E-state index contributed by atoms with van der Waals surface area (Å²) in [5, 5.41) is 34.0. The number of rotatable bonds is 46. The SMILES string of the molecule is CCCCC/C=C\C/C=C\CCCCCCCC(=O)C(O)(C(=O)CCCCCCC/C=C\CCCCCCCC)C(O)(CO)C(=O)CCCCCCCCCCCCC. The standard InChI is InChI=1S/C53H96O6/c1-4-7-10-13-16-19-22-24-26-28-31-34-37-40-43-46-50(56)53(59,51(57)47-44-41-38-35-32-29-27-25-23-20-17-14-11-8-5-2)52(58,48-54)49(55)45-42-39-36-33-30-21-18-15-12-9-6-3/h16,19,24-27,54,58-59H,4-15,17-18,20-23,28-48H2,1-3H3/b19-16-,26-24-,27-25-. The minimum Gasteiger partial charge on any atom is -0.393 e. The molecule has 0 aromatic heterocycles. The maximum atomic E-state index is 13.8. The Kier molecular flexibility index (Phi) is 40.1. The molecular formula is C53H96O6. The highest BCUT2D eigenvalue weighted by Gasteiger charge is 2.62. The van der Waals surface area contributed by atoms with Crippen LogP contribution >= 0.6 is 0 Å². The first-order valence-electron chi connectivity index (χ1n) is 25.4. The number of hydrogen-bond donors (Lipinski definition) is 3. The van der Waals surface area contributed by atoms with Crippen molar-refractivity contribution in [1.29, 1.82) is 0 Å². The van der Waals surface area contributed by atoms with Crippen LogP contribution in [0, 0.1) is 0 Å². The lowest BCUT2D eigenvalue weighted by Gasteiger charge is -2.39. The fourth-order valence-corrected chi connectivity index (χ4v) is 7.99. The Morgan fingerprint density at radius 2 is 0.610 bits per heavy atom. The van der Waals surface area contributed by atoms with Crippen LogP contribution in [0.2, 0.25) is 0 Å². The Bertz CT molecular complexity index is 1080. The summed E-state index contributed by atoms with van der Waals surface area (Å²) >= 11 is 0. The van der Waals surface area contributed by atoms with Gasteiger partial charge in [-0.15, -0.1) is 0 Å². The molecule has 2 atom stereocenters.